The fraction of sp³-hybridized carbons (Fsp3) is 0.297. The Labute approximate surface area is 278 Å². The number of rotatable bonds is 8. The van der Waals surface area contributed by atoms with Gasteiger partial charge in [0.05, 0.1) is 28.7 Å². The van der Waals surface area contributed by atoms with E-state index in [1.807, 2.05) is 91.9 Å². The molecule has 0 unspecified atom stereocenters. The van der Waals surface area contributed by atoms with E-state index in [1.165, 1.54) is 0 Å². The molecule has 5 aromatic rings. The fourth-order valence-electron chi connectivity index (χ4n) is 8.31. The van der Waals surface area contributed by atoms with Gasteiger partial charge >= 0.3 is 0 Å². The molecule has 3 aliphatic heterocycles. The van der Waals surface area contributed by atoms with Gasteiger partial charge in [-0.1, -0.05) is 54.6 Å². The van der Waals surface area contributed by atoms with Crippen LogP contribution in [0.4, 0.5) is 26.9 Å². The van der Waals surface area contributed by atoms with Crippen LogP contribution in [-0.2, 0) is 28.1 Å². The number of aryl methyl sites for hydroxylation is 1. The minimum Gasteiger partial charge on any atom is -0.396 e. The molecule has 1 N–H and O–H groups in total. The fourth-order valence-corrected chi connectivity index (χ4v) is 10.9. The smallest absolute Gasteiger partial charge is 0.268 e. The van der Waals surface area contributed by atoms with Gasteiger partial charge in [-0.3, -0.25) is 24.1 Å². The summed E-state index contributed by atoms with van der Waals surface area (Å²) < 4.78 is 25.1. The number of carbonyl (C=O) groups excluding carboxylic acids is 2. The number of anilines is 4. The molecule has 4 heterocycles. The van der Waals surface area contributed by atoms with Gasteiger partial charge in [0.25, 0.3) is 11.8 Å². The molecule has 48 heavy (non-hydrogen) atoms. The number of ether oxygens (including phenoxy) is 1. The summed E-state index contributed by atoms with van der Waals surface area (Å²) in [7, 11) is -3.41. The van der Waals surface area contributed by atoms with Crippen molar-refractivity contribution in [2.24, 2.45) is 5.92 Å². The summed E-state index contributed by atoms with van der Waals surface area (Å²) in [4.78, 5) is 32.3. The highest BCUT2D eigenvalue weighted by Gasteiger charge is 2.67. The predicted molar refractivity (Wildman–Crippen MR) is 184 cm³/mol. The van der Waals surface area contributed by atoms with Crippen LogP contribution in [0.1, 0.15) is 35.0 Å². The highest BCUT2D eigenvalue weighted by Crippen LogP contribution is 2.62. The van der Waals surface area contributed by atoms with Crippen LogP contribution in [0.2, 0.25) is 18.6 Å². The largest absolute Gasteiger partial charge is 0.396 e. The summed E-state index contributed by atoms with van der Waals surface area (Å²) >= 11 is 0. The molecule has 1 fully saturated rings. The van der Waals surface area contributed by atoms with Crippen LogP contribution in [0.25, 0.3) is 10.8 Å². The van der Waals surface area contributed by atoms with Gasteiger partial charge in [-0.2, -0.15) is 0 Å². The molecule has 1 saturated heterocycles. The van der Waals surface area contributed by atoms with Crippen LogP contribution in [0, 0.1) is 5.92 Å². The van der Waals surface area contributed by atoms with Gasteiger partial charge in [0.2, 0.25) is 8.41 Å². The number of nitrogens with zero attached hydrogens (tertiary/aromatic N) is 5. The summed E-state index contributed by atoms with van der Waals surface area (Å²) in [5.74, 6) is -0.898. The lowest BCUT2D eigenvalue weighted by Gasteiger charge is -2.31. The summed E-state index contributed by atoms with van der Waals surface area (Å²) in [6.07, 6.45) is 2.03. The van der Waals surface area contributed by atoms with Crippen LogP contribution in [0.3, 0.4) is 0 Å². The number of aromatic nitrogens is 3. The maximum Gasteiger partial charge on any atom is 0.268 e. The van der Waals surface area contributed by atoms with Gasteiger partial charge in [0, 0.05) is 59.6 Å². The number of benzene rings is 4. The number of amides is 2. The number of hydrogen-bond donors (Lipinski definition) is 1. The number of aliphatic hydroxyl groups excluding tert-OH is 1. The van der Waals surface area contributed by atoms with Gasteiger partial charge in [-0.15, -0.1) is 5.10 Å². The van der Waals surface area contributed by atoms with Gasteiger partial charge in [-0.05, 0) is 67.4 Å². The Hall–Kier alpha value is -4.71. The van der Waals surface area contributed by atoms with E-state index in [4.69, 9.17) is 4.74 Å². The molecule has 0 radical (unpaired) electrons. The molecule has 0 aliphatic carbocycles. The highest BCUT2D eigenvalue weighted by molar-refractivity contribution is 6.72. The monoisotopic (exact) mass is 661 g/mol. The summed E-state index contributed by atoms with van der Waals surface area (Å²) in [6.45, 7) is 5.70. The topological polar surface area (TPSA) is 101 Å². The van der Waals surface area contributed by atoms with Gasteiger partial charge in [-0.25, -0.2) is 0 Å². The SMILES string of the molecule is C[C@@H]1[C@@H]([Si](C)(C)F)[C@H](CCn2cc(CCO)nn2)O[C@@]12C(=O)N(c1ccccc1)c1ccc(N3C(=O)c4cccc5cccc3c45)cc12. The summed E-state index contributed by atoms with van der Waals surface area (Å²) in [5.41, 5.74) is 2.72. The van der Waals surface area contributed by atoms with Crippen molar-refractivity contribution in [1.82, 2.24) is 15.0 Å². The average molecular weight is 662 g/mol. The van der Waals surface area contributed by atoms with E-state index >= 15 is 4.11 Å². The Balaban J connectivity index is 1.25. The molecule has 1 spiro atoms. The average Bonchev–Trinajstić information content (AvgIpc) is 3.79. The van der Waals surface area contributed by atoms with Crippen molar-refractivity contribution in [2.75, 3.05) is 16.4 Å². The lowest BCUT2D eigenvalue weighted by atomic mass is 9.82. The normalized spacial score (nSPS) is 23.2. The zero-order valence-electron chi connectivity index (χ0n) is 27.0. The molecule has 0 bridgehead atoms. The molecule has 3 aliphatic rings. The van der Waals surface area contributed by atoms with Crippen molar-refractivity contribution < 1.29 is 23.5 Å². The van der Waals surface area contributed by atoms with Gasteiger partial charge in [0.15, 0.2) is 5.60 Å². The molecule has 0 saturated carbocycles. The van der Waals surface area contributed by atoms with Crippen LogP contribution < -0.4 is 9.80 Å². The van der Waals surface area contributed by atoms with Crippen molar-refractivity contribution in [2.45, 2.75) is 56.7 Å². The molecule has 8 rings (SSSR count). The first-order valence-corrected chi connectivity index (χ1v) is 19.4. The summed E-state index contributed by atoms with van der Waals surface area (Å²) in [5, 5.41) is 19.5. The van der Waals surface area contributed by atoms with Crippen LogP contribution in [0.5, 0.6) is 0 Å². The minimum absolute atomic E-state index is 0.0279. The van der Waals surface area contributed by atoms with E-state index in [-0.39, 0.29) is 18.4 Å². The molecule has 4 atom stereocenters. The maximum atomic E-state index is 16.5. The standard InChI is InChI=1S/C37H36FN5O4Si/c1-23-34(48(2,3)38)32(17-19-41-22-25(18-20-44)39-40-41)47-37(23)29-21-27(15-16-30(29)43(36(37)46)26-11-5-4-6-12-26)42-31-14-8-10-24-9-7-13-28(33(24)31)35(42)45/h4-16,21-23,32,34,44H,17-20H2,1-3H3/t23-,32+,34-,37+/m1/s1. The Bertz CT molecular complexity index is 2080. The molecule has 4 aromatic carbocycles. The number of carbonyl (C=O) groups is 2. The van der Waals surface area contributed by atoms with Gasteiger partial charge < -0.3 is 14.0 Å². The lowest BCUT2D eigenvalue weighted by Crippen LogP contribution is -2.44. The quantitative estimate of drug-likeness (QED) is 0.145. The second kappa shape index (κ2) is 11.2. The third-order valence-electron chi connectivity index (χ3n) is 10.3. The van der Waals surface area contributed by atoms with E-state index in [9.17, 15) is 14.7 Å². The van der Waals surface area contributed by atoms with E-state index in [0.29, 0.717) is 53.3 Å². The van der Waals surface area contributed by atoms with Crippen LogP contribution in [-0.4, -0.2) is 53.0 Å². The maximum absolute atomic E-state index is 16.5. The first kappa shape index (κ1) is 30.6. The highest BCUT2D eigenvalue weighted by atomic mass is 28.4. The van der Waals surface area contributed by atoms with Crippen LogP contribution >= 0.6 is 0 Å². The lowest BCUT2D eigenvalue weighted by molar-refractivity contribution is -0.145. The molecule has 9 nitrogen and oxygen atoms in total. The minimum atomic E-state index is -3.41. The molecule has 2 amide bonds. The number of halogens is 1. The predicted octanol–water partition coefficient (Wildman–Crippen LogP) is 6.80. The number of fused-ring (bicyclic) bond motifs is 2. The molecule has 1 aromatic heterocycles. The van der Waals surface area contributed by atoms with Crippen molar-refractivity contribution in [3.8, 4) is 0 Å². The Morgan fingerprint density at radius 2 is 1.71 bits per heavy atom. The van der Waals surface area contributed by atoms with Crippen molar-refractivity contribution in [3.63, 3.8) is 0 Å². The number of aliphatic hydroxyl groups is 1. The second-order valence-corrected chi connectivity index (χ2v) is 17.3. The van der Waals surface area contributed by atoms with Crippen molar-refractivity contribution in [3.05, 3.63) is 108 Å². The van der Waals surface area contributed by atoms with E-state index in [2.05, 4.69) is 10.3 Å². The zero-order chi connectivity index (χ0) is 33.4. The number of hydrogen-bond acceptors (Lipinski definition) is 6. The van der Waals surface area contributed by atoms with Crippen LogP contribution in [0.15, 0.2) is 91.1 Å². The first-order valence-electron chi connectivity index (χ1n) is 16.4. The summed E-state index contributed by atoms with van der Waals surface area (Å²) in [6, 6.07) is 26.7. The third-order valence-corrected chi connectivity index (χ3v) is 12.7. The third kappa shape index (κ3) is 4.48. The van der Waals surface area contributed by atoms with Crippen molar-refractivity contribution >= 4 is 53.7 Å². The van der Waals surface area contributed by atoms with Gasteiger partial charge in [0.1, 0.15) is 0 Å². The van der Waals surface area contributed by atoms with E-state index in [1.54, 1.807) is 33.8 Å². The Kier molecular flexibility index (Phi) is 7.13. The molecule has 11 heteroatoms. The molecular weight excluding hydrogens is 626 g/mol. The Morgan fingerprint density at radius 3 is 2.46 bits per heavy atom. The Morgan fingerprint density at radius 1 is 0.938 bits per heavy atom. The molecule has 244 valence electrons. The zero-order valence-corrected chi connectivity index (χ0v) is 28.0. The van der Waals surface area contributed by atoms with Crippen molar-refractivity contribution in [1.29, 1.82) is 0 Å². The molecular formula is C37H36FN5O4Si. The number of para-hydroxylation sites is 1. The van der Waals surface area contributed by atoms with E-state index < -0.39 is 31.6 Å². The second-order valence-electron chi connectivity index (χ2n) is 13.5. The van der Waals surface area contributed by atoms with E-state index in [0.717, 1.165) is 16.5 Å². The first-order chi connectivity index (χ1) is 23.1.